The summed E-state index contributed by atoms with van der Waals surface area (Å²) in [4.78, 5) is 15.5. The highest BCUT2D eigenvalue weighted by molar-refractivity contribution is 6.33. The minimum absolute atomic E-state index is 0.0852. The van der Waals surface area contributed by atoms with Crippen molar-refractivity contribution >= 4 is 29.1 Å². The van der Waals surface area contributed by atoms with Crippen molar-refractivity contribution in [2.24, 2.45) is 0 Å². The van der Waals surface area contributed by atoms with Gasteiger partial charge >= 0.3 is 6.03 Å². The summed E-state index contributed by atoms with van der Waals surface area (Å²) in [5, 5.41) is 5.09. The molecular weight excluding hydrogens is 257 g/mol. The lowest BCUT2D eigenvalue weighted by molar-refractivity contribution is 0.262. The van der Waals surface area contributed by atoms with Crippen LogP contribution >= 0.6 is 11.6 Å². The van der Waals surface area contributed by atoms with E-state index in [0.29, 0.717) is 5.02 Å². The molecule has 0 aliphatic carbocycles. The van der Waals surface area contributed by atoms with E-state index in [0.717, 1.165) is 0 Å². The van der Waals surface area contributed by atoms with Crippen LogP contribution in [0, 0.1) is 5.82 Å². The van der Waals surface area contributed by atoms with Crippen LogP contribution in [0.4, 0.5) is 20.7 Å². The van der Waals surface area contributed by atoms with Crippen LogP contribution < -0.4 is 10.6 Å². The van der Waals surface area contributed by atoms with Gasteiger partial charge in [-0.25, -0.2) is 14.2 Å². The van der Waals surface area contributed by atoms with E-state index >= 15 is 0 Å². The van der Waals surface area contributed by atoms with Crippen molar-refractivity contribution in [1.29, 1.82) is 0 Å². The van der Waals surface area contributed by atoms with Crippen LogP contribution in [-0.4, -0.2) is 11.0 Å². The van der Waals surface area contributed by atoms with Crippen LogP contribution in [0.1, 0.15) is 0 Å². The van der Waals surface area contributed by atoms with Crippen molar-refractivity contribution in [3.63, 3.8) is 0 Å². The van der Waals surface area contributed by atoms with Crippen molar-refractivity contribution in [1.82, 2.24) is 4.98 Å². The Kier molecular flexibility index (Phi) is 3.74. The first-order chi connectivity index (χ1) is 8.66. The summed E-state index contributed by atoms with van der Waals surface area (Å²) in [5.41, 5.74) is 0.0852. The van der Waals surface area contributed by atoms with Gasteiger partial charge in [0.1, 0.15) is 5.82 Å². The molecule has 0 saturated carbocycles. The molecule has 0 fully saturated rings. The van der Waals surface area contributed by atoms with Gasteiger partial charge in [-0.15, -0.1) is 0 Å². The molecule has 2 N–H and O–H groups in total. The average molecular weight is 266 g/mol. The van der Waals surface area contributed by atoms with E-state index in [1.54, 1.807) is 18.2 Å². The number of anilines is 2. The topological polar surface area (TPSA) is 54.0 Å². The predicted molar refractivity (Wildman–Crippen MR) is 68.3 cm³/mol. The first-order valence-corrected chi connectivity index (χ1v) is 5.47. The van der Waals surface area contributed by atoms with Crippen molar-refractivity contribution in [3.8, 4) is 0 Å². The zero-order chi connectivity index (χ0) is 13.0. The van der Waals surface area contributed by atoms with Gasteiger partial charge in [0.15, 0.2) is 5.82 Å². The summed E-state index contributed by atoms with van der Waals surface area (Å²) >= 11 is 5.82. The Hall–Kier alpha value is -2.14. The molecule has 1 aromatic carbocycles. The number of pyridine rings is 1. The standard InChI is InChI=1S/C12H9ClFN3O/c13-8-4-3-7-15-11(8)17-12(18)16-10-6-2-1-5-9(10)14/h1-7H,(H2,15,16,17,18). The molecule has 92 valence electrons. The van der Waals surface area contributed by atoms with Gasteiger partial charge in [0.25, 0.3) is 0 Å². The lowest BCUT2D eigenvalue weighted by Gasteiger charge is -2.08. The molecule has 2 rings (SSSR count). The van der Waals surface area contributed by atoms with Gasteiger partial charge in [-0.2, -0.15) is 0 Å². The Balaban J connectivity index is 2.06. The quantitative estimate of drug-likeness (QED) is 0.873. The fourth-order valence-corrected chi connectivity index (χ4v) is 1.47. The van der Waals surface area contributed by atoms with Crippen LogP contribution in [0.2, 0.25) is 5.02 Å². The molecule has 6 heteroatoms. The smallest absolute Gasteiger partial charge is 0.305 e. The third-order valence-corrected chi connectivity index (χ3v) is 2.42. The number of hydrogen-bond acceptors (Lipinski definition) is 2. The summed E-state index contributed by atoms with van der Waals surface area (Å²) < 4.78 is 13.3. The molecule has 2 amide bonds. The number of nitrogens with one attached hydrogen (secondary N) is 2. The van der Waals surface area contributed by atoms with Crippen LogP contribution in [0.25, 0.3) is 0 Å². The average Bonchev–Trinajstić information content (AvgIpc) is 2.35. The molecule has 0 aliphatic heterocycles. The van der Waals surface area contributed by atoms with Crippen LogP contribution in [0.15, 0.2) is 42.6 Å². The van der Waals surface area contributed by atoms with E-state index in [1.807, 2.05) is 0 Å². The van der Waals surface area contributed by atoms with Crippen molar-refractivity contribution < 1.29 is 9.18 Å². The highest BCUT2D eigenvalue weighted by Gasteiger charge is 2.08. The van der Waals surface area contributed by atoms with Crippen LogP contribution in [0.3, 0.4) is 0 Å². The Morgan fingerprint density at radius 3 is 2.67 bits per heavy atom. The number of nitrogens with zero attached hydrogens (tertiary/aromatic N) is 1. The molecule has 0 unspecified atom stereocenters. The molecule has 0 radical (unpaired) electrons. The maximum Gasteiger partial charge on any atom is 0.324 e. The number of amides is 2. The largest absolute Gasteiger partial charge is 0.324 e. The molecule has 2 aromatic rings. The van der Waals surface area contributed by atoms with E-state index in [9.17, 15) is 9.18 Å². The van der Waals surface area contributed by atoms with Gasteiger partial charge in [0, 0.05) is 6.20 Å². The van der Waals surface area contributed by atoms with E-state index < -0.39 is 11.8 Å². The number of rotatable bonds is 2. The molecule has 1 aromatic heterocycles. The van der Waals surface area contributed by atoms with Gasteiger partial charge in [-0.1, -0.05) is 23.7 Å². The number of carbonyl (C=O) groups is 1. The second-order valence-corrected chi connectivity index (χ2v) is 3.80. The van der Waals surface area contributed by atoms with Gasteiger partial charge < -0.3 is 5.32 Å². The van der Waals surface area contributed by atoms with Crippen molar-refractivity contribution in [2.75, 3.05) is 10.6 Å². The summed E-state index contributed by atoms with van der Waals surface area (Å²) in [5.74, 6) is -0.298. The molecule has 4 nitrogen and oxygen atoms in total. The zero-order valence-electron chi connectivity index (χ0n) is 9.15. The Morgan fingerprint density at radius 2 is 1.94 bits per heavy atom. The van der Waals surface area contributed by atoms with Gasteiger partial charge in [0.05, 0.1) is 10.7 Å². The lowest BCUT2D eigenvalue weighted by Crippen LogP contribution is -2.20. The van der Waals surface area contributed by atoms with E-state index in [-0.39, 0.29) is 11.5 Å². The number of benzene rings is 1. The van der Waals surface area contributed by atoms with E-state index in [4.69, 9.17) is 11.6 Å². The monoisotopic (exact) mass is 265 g/mol. The van der Waals surface area contributed by atoms with Gasteiger partial charge in [-0.05, 0) is 24.3 Å². The highest BCUT2D eigenvalue weighted by atomic mass is 35.5. The molecule has 0 saturated heterocycles. The van der Waals surface area contributed by atoms with E-state index in [1.165, 1.54) is 24.4 Å². The molecular formula is C12H9ClFN3O. The minimum atomic E-state index is -0.610. The normalized spacial score (nSPS) is 9.89. The predicted octanol–water partition coefficient (Wildman–Crippen LogP) is 3.52. The van der Waals surface area contributed by atoms with Crippen LogP contribution in [0.5, 0.6) is 0 Å². The maximum absolute atomic E-state index is 13.3. The molecule has 1 heterocycles. The van der Waals surface area contributed by atoms with Crippen molar-refractivity contribution in [3.05, 3.63) is 53.4 Å². The third-order valence-electron chi connectivity index (χ3n) is 2.11. The zero-order valence-corrected chi connectivity index (χ0v) is 9.91. The molecule has 0 atom stereocenters. The molecule has 0 spiro atoms. The minimum Gasteiger partial charge on any atom is -0.305 e. The fraction of sp³-hybridized carbons (Fsp3) is 0. The highest BCUT2D eigenvalue weighted by Crippen LogP contribution is 2.18. The van der Waals surface area contributed by atoms with Gasteiger partial charge in [0.2, 0.25) is 0 Å². The van der Waals surface area contributed by atoms with Gasteiger partial charge in [-0.3, -0.25) is 5.32 Å². The number of para-hydroxylation sites is 1. The maximum atomic E-state index is 13.3. The number of aromatic nitrogens is 1. The number of urea groups is 1. The first kappa shape index (κ1) is 12.3. The lowest BCUT2D eigenvalue weighted by atomic mass is 10.3. The summed E-state index contributed by atoms with van der Waals surface area (Å²) in [6, 6.07) is 8.48. The Bertz CT molecular complexity index is 527. The van der Waals surface area contributed by atoms with E-state index in [2.05, 4.69) is 15.6 Å². The second kappa shape index (κ2) is 5.46. The third kappa shape index (κ3) is 2.95. The molecule has 0 aliphatic rings. The second-order valence-electron chi connectivity index (χ2n) is 3.39. The fourth-order valence-electron chi connectivity index (χ4n) is 1.30. The number of halogens is 2. The Labute approximate surface area is 108 Å². The molecule has 18 heavy (non-hydrogen) atoms. The summed E-state index contributed by atoms with van der Waals surface area (Å²) in [7, 11) is 0. The summed E-state index contributed by atoms with van der Waals surface area (Å²) in [6.07, 6.45) is 1.49. The van der Waals surface area contributed by atoms with Crippen molar-refractivity contribution in [2.45, 2.75) is 0 Å². The molecule has 0 bridgehead atoms. The number of carbonyl (C=O) groups excluding carboxylic acids is 1. The Morgan fingerprint density at radius 1 is 1.17 bits per heavy atom. The first-order valence-electron chi connectivity index (χ1n) is 5.10. The number of hydrogen-bond donors (Lipinski definition) is 2. The SMILES string of the molecule is O=C(Nc1ccccc1F)Nc1ncccc1Cl. The summed E-state index contributed by atoms with van der Waals surface area (Å²) in [6.45, 7) is 0. The van der Waals surface area contributed by atoms with Crippen LogP contribution in [-0.2, 0) is 0 Å².